The first-order chi connectivity index (χ1) is 8.31. The van der Waals surface area contributed by atoms with Crippen LogP contribution in [0.15, 0.2) is 17.5 Å². The highest BCUT2D eigenvalue weighted by Gasteiger charge is 2.07. The number of nitrogens with zero attached hydrogens (tertiary/aromatic N) is 3. The van der Waals surface area contributed by atoms with E-state index in [-0.39, 0.29) is 12.0 Å². The van der Waals surface area contributed by atoms with Crippen LogP contribution in [0.2, 0.25) is 0 Å². The minimum atomic E-state index is 0.227. The SMILES string of the molecule is CNc1nc(OC)nc(OCc2cccs2)n1. The van der Waals surface area contributed by atoms with Gasteiger partial charge < -0.3 is 14.8 Å². The summed E-state index contributed by atoms with van der Waals surface area (Å²) in [6, 6.07) is 4.43. The van der Waals surface area contributed by atoms with E-state index < -0.39 is 0 Å². The predicted octanol–water partition coefficient (Wildman–Crippen LogP) is 1.56. The van der Waals surface area contributed by atoms with Crippen molar-refractivity contribution in [1.29, 1.82) is 0 Å². The molecular weight excluding hydrogens is 240 g/mol. The van der Waals surface area contributed by atoms with Crippen molar-refractivity contribution in [2.24, 2.45) is 0 Å². The number of anilines is 1. The molecule has 0 aliphatic carbocycles. The first-order valence-electron chi connectivity index (χ1n) is 4.95. The fourth-order valence-electron chi connectivity index (χ4n) is 1.14. The van der Waals surface area contributed by atoms with Gasteiger partial charge in [-0.1, -0.05) is 6.07 Å². The summed E-state index contributed by atoms with van der Waals surface area (Å²) in [6.45, 7) is 0.438. The lowest BCUT2D eigenvalue weighted by atomic mass is 10.5. The summed E-state index contributed by atoms with van der Waals surface area (Å²) < 4.78 is 10.4. The Bertz CT molecular complexity index is 453. The summed E-state index contributed by atoms with van der Waals surface area (Å²) in [5, 5.41) is 4.81. The van der Waals surface area contributed by atoms with E-state index in [0.29, 0.717) is 12.6 Å². The highest BCUT2D eigenvalue weighted by Crippen LogP contribution is 2.15. The highest BCUT2D eigenvalue weighted by atomic mass is 32.1. The lowest BCUT2D eigenvalue weighted by Gasteiger charge is -2.06. The molecule has 2 aromatic rings. The van der Waals surface area contributed by atoms with Gasteiger partial charge >= 0.3 is 12.0 Å². The molecule has 0 aliphatic heterocycles. The molecule has 7 heteroatoms. The molecule has 0 saturated heterocycles. The molecule has 90 valence electrons. The third-order valence-electron chi connectivity index (χ3n) is 1.92. The Morgan fingerprint density at radius 2 is 2.12 bits per heavy atom. The molecule has 0 fully saturated rings. The third kappa shape index (κ3) is 3.04. The van der Waals surface area contributed by atoms with E-state index in [9.17, 15) is 0 Å². The molecule has 2 rings (SSSR count). The van der Waals surface area contributed by atoms with Gasteiger partial charge in [0.05, 0.1) is 7.11 Å². The Kier molecular flexibility index (Phi) is 3.71. The minimum Gasteiger partial charge on any atom is -0.467 e. The van der Waals surface area contributed by atoms with Crippen LogP contribution in [0.4, 0.5) is 5.95 Å². The first-order valence-corrected chi connectivity index (χ1v) is 5.83. The van der Waals surface area contributed by atoms with Crippen LogP contribution in [0, 0.1) is 0 Å². The van der Waals surface area contributed by atoms with Gasteiger partial charge in [0.2, 0.25) is 5.95 Å². The van der Waals surface area contributed by atoms with E-state index in [1.54, 1.807) is 18.4 Å². The van der Waals surface area contributed by atoms with Gasteiger partial charge in [-0.2, -0.15) is 9.97 Å². The number of hydrogen-bond acceptors (Lipinski definition) is 7. The normalized spacial score (nSPS) is 10.0. The molecule has 0 aromatic carbocycles. The average Bonchev–Trinajstić information content (AvgIpc) is 2.89. The second kappa shape index (κ2) is 5.44. The van der Waals surface area contributed by atoms with Gasteiger partial charge in [-0.25, -0.2) is 0 Å². The quantitative estimate of drug-likeness (QED) is 0.871. The number of methoxy groups -OCH3 is 1. The average molecular weight is 252 g/mol. The second-order valence-corrected chi connectivity index (χ2v) is 4.08. The van der Waals surface area contributed by atoms with Gasteiger partial charge in [-0.15, -0.1) is 16.3 Å². The maximum Gasteiger partial charge on any atom is 0.324 e. The molecule has 2 aromatic heterocycles. The van der Waals surface area contributed by atoms with E-state index in [1.807, 2.05) is 17.5 Å². The van der Waals surface area contributed by atoms with Crippen LogP contribution in [0.1, 0.15) is 4.88 Å². The zero-order valence-electron chi connectivity index (χ0n) is 9.51. The third-order valence-corrected chi connectivity index (χ3v) is 2.77. The van der Waals surface area contributed by atoms with Crippen LogP contribution in [-0.2, 0) is 6.61 Å². The molecule has 0 radical (unpaired) electrons. The fourth-order valence-corrected chi connectivity index (χ4v) is 1.75. The Morgan fingerprint density at radius 1 is 1.29 bits per heavy atom. The summed E-state index contributed by atoms with van der Waals surface area (Å²) in [5.74, 6) is 0.415. The molecule has 1 N–H and O–H groups in total. The van der Waals surface area contributed by atoms with Gasteiger partial charge in [0, 0.05) is 11.9 Å². The molecule has 0 aliphatic rings. The Labute approximate surface area is 103 Å². The van der Waals surface area contributed by atoms with Crippen molar-refractivity contribution in [2.45, 2.75) is 6.61 Å². The van der Waals surface area contributed by atoms with Gasteiger partial charge in [0.15, 0.2) is 0 Å². The fraction of sp³-hybridized carbons (Fsp3) is 0.300. The van der Waals surface area contributed by atoms with Crippen molar-refractivity contribution in [1.82, 2.24) is 15.0 Å². The largest absolute Gasteiger partial charge is 0.467 e. The second-order valence-electron chi connectivity index (χ2n) is 3.05. The maximum atomic E-state index is 5.46. The molecular formula is C10H12N4O2S. The number of nitrogens with one attached hydrogen (secondary N) is 1. The van der Waals surface area contributed by atoms with Gasteiger partial charge in [-0.3, -0.25) is 0 Å². The molecule has 0 saturated carbocycles. The topological polar surface area (TPSA) is 69.2 Å². The van der Waals surface area contributed by atoms with Crippen LogP contribution in [0.3, 0.4) is 0 Å². The van der Waals surface area contributed by atoms with Gasteiger partial charge in [-0.05, 0) is 11.4 Å². The van der Waals surface area contributed by atoms with Crippen LogP contribution in [-0.4, -0.2) is 29.1 Å². The molecule has 0 amide bonds. The molecule has 2 heterocycles. The standard InChI is InChI=1S/C10H12N4O2S/c1-11-8-12-9(15-2)14-10(13-8)16-6-7-4-3-5-17-7/h3-5H,6H2,1-2H3,(H,11,12,13,14). The first kappa shape index (κ1) is 11.6. The van der Waals surface area contributed by atoms with Gasteiger partial charge in [0.25, 0.3) is 0 Å². The number of ether oxygens (including phenoxy) is 2. The van der Waals surface area contributed by atoms with E-state index in [4.69, 9.17) is 9.47 Å². The monoisotopic (exact) mass is 252 g/mol. The summed E-state index contributed by atoms with van der Waals surface area (Å²) >= 11 is 1.62. The summed E-state index contributed by atoms with van der Waals surface area (Å²) in [6.07, 6.45) is 0. The molecule has 0 bridgehead atoms. The Hall–Kier alpha value is -1.89. The van der Waals surface area contributed by atoms with E-state index in [2.05, 4.69) is 20.3 Å². The molecule has 17 heavy (non-hydrogen) atoms. The van der Waals surface area contributed by atoms with Crippen LogP contribution >= 0.6 is 11.3 Å². The minimum absolute atomic E-state index is 0.227. The van der Waals surface area contributed by atoms with E-state index in [0.717, 1.165) is 4.88 Å². The summed E-state index contributed by atoms with van der Waals surface area (Å²) in [4.78, 5) is 13.2. The van der Waals surface area contributed by atoms with Gasteiger partial charge in [0.1, 0.15) is 6.61 Å². The number of hydrogen-bond donors (Lipinski definition) is 1. The molecule has 6 nitrogen and oxygen atoms in total. The summed E-state index contributed by atoms with van der Waals surface area (Å²) in [7, 11) is 3.22. The highest BCUT2D eigenvalue weighted by molar-refractivity contribution is 7.09. The Morgan fingerprint density at radius 3 is 2.76 bits per heavy atom. The lowest BCUT2D eigenvalue weighted by molar-refractivity contribution is 0.274. The van der Waals surface area contributed by atoms with Crippen molar-refractivity contribution >= 4 is 17.3 Å². The van der Waals surface area contributed by atoms with E-state index >= 15 is 0 Å². The van der Waals surface area contributed by atoms with Crippen molar-refractivity contribution < 1.29 is 9.47 Å². The molecule has 0 spiro atoms. The van der Waals surface area contributed by atoms with E-state index in [1.165, 1.54) is 7.11 Å². The summed E-state index contributed by atoms with van der Waals surface area (Å²) in [5.41, 5.74) is 0. The zero-order valence-corrected chi connectivity index (χ0v) is 10.3. The van der Waals surface area contributed by atoms with Crippen LogP contribution in [0.25, 0.3) is 0 Å². The zero-order chi connectivity index (χ0) is 12.1. The maximum absolute atomic E-state index is 5.46. The number of aromatic nitrogens is 3. The van der Waals surface area contributed by atoms with Crippen LogP contribution < -0.4 is 14.8 Å². The number of thiophene rings is 1. The molecule has 0 unspecified atom stereocenters. The lowest BCUT2D eigenvalue weighted by Crippen LogP contribution is -2.05. The van der Waals surface area contributed by atoms with Crippen molar-refractivity contribution in [3.05, 3.63) is 22.4 Å². The number of rotatable bonds is 5. The molecule has 0 atom stereocenters. The predicted molar refractivity (Wildman–Crippen MR) is 64.6 cm³/mol. The van der Waals surface area contributed by atoms with Crippen molar-refractivity contribution in [3.63, 3.8) is 0 Å². The van der Waals surface area contributed by atoms with Crippen molar-refractivity contribution in [3.8, 4) is 12.0 Å². The van der Waals surface area contributed by atoms with Crippen LogP contribution in [0.5, 0.6) is 12.0 Å². The smallest absolute Gasteiger partial charge is 0.324 e. The van der Waals surface area contributed by atoms with Crippen molar-refractivity contribution in [2.75, 3.05) is 19.5 Å². The Balaban J connectivity index is 2.09.